The third-order valence-corrected chi connectivity index (χ3v) is 4.94. The zero-order chi connectivity index (χ0) is 15.8. The standard InChI is InChI=1S/C18H22N4O/c1-13-3-5-17(19-8-13)21-11-15-7-16(12-21)22(15)10-14-4-6-18(23-2)20-9-14/h3-6,8-9,15-16H,7,10-12H2,1-2H3. The van der Waals surface area contributed by atoms with Gasteiger partial charge in [-0.05, 0) is 30.5 Å². The van der Waals surface area contributed by atoms with Gasteiger partial charge in [0.1, 0.15) is 5.82 Å². The predicted octanol–water partition coefficient (Wildman–Crippen LogP) is 2.26. The highest BCUT2D eigenvalue weighted by molar-refractivity contribution is 5.42. The van der Waals surface area contributed by atoms with Gasteiger partial charge in [-0.2, -0.15) is 0 Å². The van der Waals surface area contributed by atoms with Gasteiger partial charge in [-0.25, -0.2) is 9.97 Å². The average Bonchev–Trinajstić information content (AvgIpc) is 2.61. The van der Waals surface area contributed by atoms with Crippen molar-refractivity contribution in [2.45, 2.75) is 32.0 Å². The van der Waals surface area contributed by atoms with Crippen molar-refractivity contribution in [3.05, 3.63) is 47.8 Å². The number of hydrogen-bond acceptors (Lipinski definition) is 5. The van der Waals surface area contributed by atoms with Crippen LogP contribution >= 0.6 is 0 Å². The summed E-state index contributed by atoms with van der Waals surface area (Å²) in [6.45, 7) is 5.18. The van der Waals surface area contributed by atoms with Crippen LogP contribution in [0.2, 0.25) is 0 Å². The van der Waals surface area contributed by atoms with Crippen LogP contribution in [0, 0.1) is 6.92 Å². The van der Waals surface area contributed by atoms with E-state index in [0.717, 1.165) is 25.5 Å². The molecule has 5 heterocycles. The molecule has 5 nitrogen and oxygen atoms in total. The molecule has 120 valence electrons. The highest BCUT2D eigenvalue weighted by atomic mass is 16.5. The van der Waals surface area contributed by atoms with Crippen LogP contribution in [0.1, 0.15) is 17.5 Å². The zero-order valence-electron chi connectivity index (χ0n) is 13.6. The maximum absolute atomic E-state index is 5.12. The predicted molar refractivity (Wildman–Crippen MR) is 89.7 cm³/mol. The molecule has 0 saturated carbocycles. The number of methoxy groups -OCH3 is 1. The van der Waals surface area contributed by atoms with E-state index >= 15 is 0 Å². The number of ether oxygens (including phenoxy) is 1. The van der Waals surface area contributed by atoms with Gasteiger partial charge in [-0.15, -0.1) is 0 Å². The third-order valence-electron chi connectivity index (χ3n) is 4.94. The number of rotatable bonds is 4. The lowest BCUT2D eigenvalue weighted by Crippen LogP contribution is -2.68. The van der Waals surface area contributed by atoms with Gasteiger partial charge in [-0.3, -0.25) is 4.90 Å². The number of fused-ring (bicyclic) bond motifs is 2. The van der Waals surface area contributed by atoms with Crippen molar-refractivity contribution in [2.24, 2.45) is 0 Å². The van der Waals surface area contributed by atoms with Crippen molar-refractivity contribution in [2.75, 3.05) is 25.1 Å². The van der Waals surface area contributed by atoms with Crippen molar-refractivity contribution in [3.8, 4) is 5.88 Å². The van der Waals surface area contributed by atoms with Crippen molar-refractivity contribution in [3.63, 3.8) is 0 Å². The second-order valence-corrected chi connectivity index (χ2v) is 6.52. The number of piperidine rings is 1. The monoisotopic (exact) mass is 310 g/mol. The van der Waals surface area contributed by atoms with E-state index in [2.05, 4.69) is 44.9 Å². The maximum Gasteiger partial charge on any atom is 0.212 e. The van der Waals surface area contributed by atoms with Crippen LogP contribution in [0.3, 0.4) is 0 Å². The molecule has 2 aromatic heterocycles. The molecule has 2 atom stereocenters. The van der Waals surface area contributed by atoms with E-state index in [4.69, 9.17) is 4.74 Å². The van der Waals surface area contributed by atoms with Crippen LogP contribution in [0.15, 0.2) is 36.7 Å². The molecule has 2 unspecified atom stereocenters. The Morgan fingerprint density at radius 1 is 1.09 bits per heavy atom. The second-order valence-electron chi connectivity index (χ2n) is 6.52. The molecule has 5 heteroatoms. The first-order chi connectivity index (χ1) is 11.2. The van der Waals surface area contributed by atoms with E-state index in [1.807, 2.05) is 18.5 Å². The fourth-order valence-corrected chi connectivity index (χ4v) is 3.62. The number of anilines is 1. The molecule has 3 aliphatic rings. The van der Waals surface area contributed by atoms with Gasteiger partial charge in [0.05, 0.1) is 7.11 Å². The van der Waals surface area contributed by atoms with Gasteiger partial charge in [0.25, 0.3) is 0 Å². The number of hydrogen-bond donors (Lipinski definition) is 0. The summed E-state index contributed by atoms with van der Waals surface area (Å²) in [4.78, 5) is 13.9. The number of aromatic nitrogens is 2. The Hall–Kier alpha value is -2.14. The molecule has 0 radical (unpaired) electrons. The van der Waals surface area contributed by atoms with Crippen molar-refractivity contribution < 1.29 is 4.74 Å². The molecule has 5 rings (SSSR count). The minimum absolute atomic E-state index is 0.624. The normalized spacial score (nSPS) is 23.5. The summed E-state index contributed by atoms with van der Waals surface area (Å²) in [5.41, 5.74) is 2.46. The van der Waals surface area contributed by atoms with E-state index in [9.17, 15) is 0 Å². The molecule has 0 aliphatic carbocycles. The van der Waals surface area contributed by atoms with Gasteiger partial charge in [0.15, 0.2) is 0 Å². The first kappa shape index (κ1) is 14.5. The van der Waals surface area contributed by atoms with Crippen LogP contribution in [0.25, 0.3) is 0 Å². The Morgan fingerprint density at radius 2 is 1.91 bits per heavy atom. The number of pyridine rings is 2. The molecule has 0 N–H and O–H groups in total. The van der Waals surface area contributed by atoms with Gasteiger partial charge < -0.3 is 9.64 Å². The lowest BCUT2D eigenvalue weighted by Gasteiger charge is -2.56. The molecule has 0 spiro atoms. The second kappa shape index (κ2) is 5.81. The SMILES string of the molecule is COc1ccc(CN2C3CC2CN(c2ccc(C)cn2)C3)cn1. The van der Waals surface area contributed by atoms with Crippen molar-refractivity contribution in [1.29, 1.82) is 0 Å². The topological polar surface area (TPSA) is 41.5 Å². The summed E-state index contributed by atoms with van der Waals surface area (Å²) >= 11 is 0. The minimum atomic E-state index is 0.624. The van der Waals surface area contributed by atoms with Gasteiger partial charge in [-0.1, -0.05) is 12.1 Å². The summed E-state index contributed by atoms with van der Waals surface area (Å²) in [6, 6.07) is 9.58. The molecule has 3 saturated heterocycles. The third kappa shape index (κ3) is 2.77. The number of nitrogens with zero attached hydrogens (tertiary/aromatic N) is 4. The van der Waals surface area contributed by atoms with Crippen molar-refractivity contribution in [1.82, 2.24) is 14.9 Å². The first-order valence-electron chi connectivity index (χ1n) is 8.15. The molecule has 2 bridgehead atoms. The van der Waals surface area contributed by atoms with E-state index in [-0.39, 0.29) is 0 Å². The summed E-state index contributed by atoms with van der Waals surface area (Å²) < 4.78 is 5.12. The Bertz CT molecular complexity index is 658. The highest BCUT2D eigenvalue weighted by Gasteiger charge is 2.44. The number of piperazine rings is 1. The quantitative estimate of drug-likeness (QED) is 0.866. The Kier molecular flexibility index (Phi) is 3.65. The van der Waals surface area contributed by atoms with Gasteiger partial charge in [0.2, 0.25) is 5.88 Å². The molecule has 23 heavy (non-hydrogen) atoms. The van der Waals surface area contributed by atoms with Crippen LogP contribution in [0.5, 0.6) is 5.88 Å². The van der Waals surface area contributed by atoms with E-state index < -0.39 is 0 Å². The minimum Gasteiger partial charge on any atom is -0.481 e. The molecule has 3 aliphatic heterocycles. The summed E-state index contributed by atoms with van der Waals surface area (Å²) in [5.74, 6) is 1.78. The lowest BCUT2D eigenvalue weighted by atomic mass is 9.87. The molecular weight excluding hydrogens is 288 g/mol. The fourth-order valence-electron chi connectivity index (χ4n) is 3.62. The summed E-state index contributed by atoms with van der Waals surface area (Å²) in [7, 11) is 1.65. The Balaban J connectivity index is 1.40. The molecule has 2 aromatic rings. The van der Waals surface area contributed by atoms with Gasteiger partial charge >= 0.3 is 0 Å². The smallest absolute Gasteiger partial charge is 0.212 e. The van der Waals surface area contributed by atoms with Crippen LogP contribution < -0.4 is 9.64 Å². The average molecular weight is 310 g/mol. The van der Waals surface area contributed by atoms with Crippen molar-refractivity contribution >= 4 is 5.82 Å². The Labute approximate surface area is 136 Å². The molecule has 3 fully saturated rings. The summed E-state index contributed by atoms with van der Waals surface area (Å²) in [5, 5.41) is 0. The molecule has 0 aromatic carbocycles. The van der Waals surface area contributed by atoms with Crippen LogP contribution in [-0.4, -0.2) is 47.2 Å². The van der Waals surface area contributed by atoms with E-state index in [0.29, 0.717) is 18.0 Å². The Morgan fingerprint density at radius 3 is 2.52 bits per heavy atom. The number of aryl methyl sites for hydroxylation is 1. The lowest BCUT2D eigenvalue weighted by molar-refractivity contribution is -0.00877. The molecule has 0 amide bonds. The first-order valence-corrected chi connectivity index (χ1v) is 8.15. The zero-order valence-corrected chi connectivity index (χ0v) is 13.6. The van der Waals surface area contributed by atoms with E-state index in [1.165, 1.54) is 17.5 Å². The van der Waals surface area contributed by atoms with Gasteiger partial charge in [0, 0.05) is 50.2 Å². The van der Waals surface area contributed by atoms with Crippen LogP contribution in [0.4, 0.5) is 5.82 Å². The van der Waals surface area contributed by atoms with E-state index in [1.54, 1.807) is 7.11 Å². The highest BCUT2D eigenvalue weighted by Crippen LogP contribution is 2.35. The fraction of sp³-hybridized carbons (Fsp3) is 0.444. The summed E-state index contributed by atoms with van der Waals surface area (Å²) in [6.07, 6.45) is 5.18. The molecular formula is C18H22N4O. The largest absolute Gasteiger partial charge is 0.481 e. The maximum atomic E-state index is 5.12. The van der Waals surface area contributed by atoms with Crippen LogP contribution in [-0.2, 0) is 6.54 Å².